The van der Waals surface area contributed by atoms with E-state index in [-0.39, 0.29) is 54.8 Å². The van der Waals surface area contributed by atoms with Gasteiger partial charge in [0.05, 0.1) is 30.5 Å². The lowest BCUT2D eigenvalue weighted by atomic mass is 9.78. The van der Waals surface area contributed by atoms with Crippen molar-refractivity contribution in [3.05, 3.63) is 47.6 Å². The maximum absolute atomic E-state index is 14.4. The van der Waals surface area contributed by atoms with Gasteiger partial charge in [0.2, 0.25) is 5.79 Å². The summed E-state index contributed by atoms with van der Waals surface area (Å²) in [5.41, 5.74) is 1.19. The molecule has 1 aliphatic carbocycles. The monoisotopic (exact) mass is 914 g/mol. The van der Waals surface area contributed by atoms with Crippen molar-refractivity contribution in [3.8, 4) is 0 Å². The van der Waals surface area contributed by atoms with Crippen LogP contribution in [0.2, 0.25) is 0 Å². The molecular formula is C51H79NO13. The summed E-state index contributed by atoms with van der Waals surface area (Å²) in [5.74, 6) is -7.93. The molecule has 366 valence electrons. The van der Waals surface area contributed by atoms with E-state index < -0.39 is 83.9 Å². The Labute approximate surface area is 387 Å². The van der Waals surface area contributed by atoms with Crippen LogP contribution in [0, 0.1) is 35.5 Å². The van der Waals surface area contributed by atoms with Crippen molar-refractivity contribution in [2.75, 3.05) is 27.9 Å². The molecule has 14 heteroatoms. The predicted molar refractivity (Wildman–Crippen MR) is 245 cm³/mol. The summed E-state index contributed by atoms with van der Waals surface area (Å²) in [6, 6.07) is -1.14. The van der Waals surface area contributed by atoms with E-state index in [0.717, 1.165) is 12.0 Å². The van der Waals surface area contributed by atoms with Crippen molar-refractivity contribution < 1.29 is 63.0 Å². The lowest BCUT2D eigenvalue weighted by molar-refractivity contribution is -0.265. The number of piperidine rings is 1. The molecule has 2 unspecified atom stereocenters. The minimum absolute atomic E-state index is 0.0220. The molecule has 15 atom stereocenters. The van der Waals surface area contributed by atoms with E-state index in [0.29, 0.717) is 63.4 Å². The molecule has 1 amide bonds. The maximum atomic E-state index is 14.4. The Kier molecular flexibility index (Phi) is 21.0. The third-order valence-electron chi connectivity index (χ3n) is 14.5. The number of hydrogen-bond acceptors (Lipinski definition) is 13. The number of nitrogens with zero attached hydrogens (tertiary/aromatic N) is 1. The van der Waals surface area contributed by atoms with E-state index in [1.807, 2.05) is 58.1 Å². The molecule has 3 aliphatic heterocycles. The first-order valence-corrected chi connectivity index (χ1v) is 23.9. The van der Waals surface area contributed by atoms with Gasteiger partial charge in [0.1, 0.15) is 18.2 Å². The summed E-state index contributed by atoms with van der Waals surface area (Å²) in [5, 5.41) is 33.9. The molecule has 4 rings (SSSR count). The molecule has 3 fully saturated rings. The predicted octanol–water partition coefficient (Wildman–Crippen LogP) is 6.18. The Morgan fingerprint density at radius 2 is 1.58 bits per heavy atom. The van der Waals surface area contributed by atoms with Crippen LogP contribution in [0.1, 0.15) is 126 Å². The fourth-order valence-corrected chi connectivity index (χ4v) is 10.1. The van der Waals surface area contributed by atoms with Gasteiger partial charge in [-0.15, -0.1) is 0 Å². The fourth-order valence-electron chi connectivity index (χ4n) is 10.1. The zero-order valence-electron chi connectivity index (χ0n) is 40.6. The third kappa shape index (κ3) is 14.3. The second-order valence-electron chi connectivity index (χ2n) is 19.6. The molecule has 3 heterocycles. The topological polar surface area (TPSA) is 195 Å². The number of methoxy groups -OCH3 is 3. The number of aliphatic hydroxyl groups is 3. The zero-order valence-corrected chi connectivity index (χ0v) is 40.6. The number of ether oxygens (including phenoxy) is 5. The summed E-state index contributed by atoms with van der Waals surface area (Å²) in [4.78, 5) is 71.7. The summed E-state index contributed by atoms with van der Waals surface area (Å²) in [6.07, 6.45) is 11.2. The van der Waals surface area contributed by atoms with Crippen molar-refractivity contribution in [3.63, 3.8) is 0 Å². The van der Waals surface area contributed by atoms with Crippen molar-refractivity contribution in [2.45, 2.75) is 180 Å². The van der Waals surface area contributed by atoms with E-state index in [9.17, 15) is 39.3 Å². The van der Waals surface area contributed by atoms with Crippen LogP contribution in [-0.2, 0) is 47.7 Å². The molecule has 3 N–H and O–H groups in total. The molecular weight excluding hydrogens is 835 g/mol. The van der Waals surface area contributed by atoms with Gasteiger partial charge in [-0.2, -0.15) is 0 Å². The minimum Gasteiger partial charge on any atom is -0.460 e. The van der Waals surface area contributed by atoms with Crippen LogP contribution in [0.15, 0.2) is 47.6 Å². The van der Waals surface area contributed by atoms with E-state index >= 15 is 0 Å². The van der Waals surface area contributed by atoms with Crippen LogP contribution >= 0.6 is 0 Å². The smallest absolute Gasteiger partial charge is 0.329 e. The fraction of sp³-hybridized carbons (Fsp3) is 0.745. The van der Waals surface area contributed by atoms with Crippen LogP contribution < -0.4 is 0 Å². The molecule has 0 aromatic rings. The number of fused-ring (bicyclic) bond motifs is 3. The molecule has 1 saturated carbocycles. The number of allylic oxidation sites excluding steroid dienone is 6. The van der Waals surface area contributed by atoms with Gasteiger partial charge in [-0.25, -0.2) is 4.79 Å². The summed E-state index contributed by atoms with van der Waals surface area (Å²) in [7, 11) is 4.53. The Bertz CT molecular complexity index is 1760. The highest BCUT2D eigenvalue weighted by atomic mass is 16.6. The number of ketones is 3. The zero-order chi connectivity index (χ0) is 48.2. The molecule has 2 saturated heterocycles. The van der Waals surface area contributed by atoms with E-state index in [1.165, 1.54) is 12.0 Å². The number of aliphatic hydroxyl groups excluding tert-OH is 2. The van der Waals surface area contributed by atoms with Gasteiger partial charge in [-0.05, 0) is 107 Å². The first kappa shape index (κ1) is 54.2. The number of cyclic esters (lactones) is 1. The molecule has 0 radical (unpaired) electrons. The highest BCUT2D eigenvalue weighted by Gasteiger charge is 2.53. The van der Waals surface area contributed by atoms with Gasteiger partial charge in [-0.3, -0.25) is 19.2 Å². The first-order valence-electron chi connectivity index (χ1n) is 23.9. The van der Waals surface area contributed by atoms with Gasteiger partial charge in [0.15, 0.2) is 11.6 Å². The second-order valence-corrected chi connectivity index (χ2v) is 19.6. The lowest BCUT2D eigenvalue weighted by Gasteiger charge is -2.42. The largest absolute Gasteiger partial charge is 0.460 e. The molecule has 0 spiro atoms. The SMILES string of the molecule is COC1C[C@@H]2CC[C@@H](C)[C@@](O)(O2)C(=O)C(=O)N2CCCC[C@H]2C(=O)O[C@H]([C@H](C)C[C@@H]2CC[C@@H](O)[C@H](OC)C2)CC(=O)C(C)=CC(C)[C@@H](O)[C@@H](OC)C(=O)[C@H](C)C[C@H](C)C=CC=CC=C1C. The standard InChI is InChI=1S/C51H79NO13/c1-30-16-12-11-13-17-31(2)42(61-8)28-38-21-19-36(7)51(60,65-38)48(57)49(58)52-23-15-14-18-39(52)50(59)64-43(33(4)26-37-20-22-40(53)44(27-37)62-9)29-41(54)32(3)25-35(6)46(56)47(63-10)45(55)34(5)24-30/h11-13,16-17,25,30,33-40,42-44,46-47,53,56,60H,14-15,18-24,26-29H2,1-10H3/t30-,33-,34-,35?,36-,37+,38+,39+,40-,42?,43+,44-,46-,47+,51-/m1/s1. The maximum Gasteiger partial charge on any atom is 0.329 e. The normalized spacial score (nSPS) is 37.8. The van der Waals surface area contributed by atoms with E-state index in [1.54, 1.807) is 41.1 Å². The highest BCUT2D eigenvalue weighted by Crippen LogP contribution is 2.38. The third-order valence-corrected chi connectivity index (χ3v) is 14.5. The molecule has 65 heavy (non-hydrogen) atoms. The van der Waals surface area contributed by atoms with Crippen molar-refractivity contribution in [1.82, 2.24) is 4.90 Å². The van der Waals surface area contributed by atoms with E-state index in [4.69, 9.17) is 23.7 Å². The van der Waals surface area contributed by atoms with Crippen molar-refractivity contribution in [1.29, 1.82) is 0 Å². The Morgan fingerprint density at radius 1 is 0.862 bits per heavy atom. The van der Waals surface area contributed by atoms with Crippen LogP contribution in [0.4, 0.5) is 0 Å². The number of amides is 1. The second kappa shape index (κ2) is 25.1. The lowest BCUT2D eigenvalue weighted by Crippen LogP contribution is -2.61. The molecule has 4 aliphatic rings. The number of carbonyl (C=O) groups excluding carboxylic acids is 5. The van der Waals surface area contributed by atoms with E-state index in [2.05, 4.69) is 0 Å². The summed E-state index contributed by atoms with van der Waals surface area (Å²) in [6.45, 7) is 12.7. The Balaban J connectivity index is 1.70. The number of carbonyl (C=O) groups is 5. The van der Waals surface area contributed by atoms with Crippen LogP contribution in [-0.4, -0.2) is 132 Å². The Hall–Kier alpha value is -3.37. The number of esters is 1. The van der Waals surface area contributed by atoms with Crippen LogP contribution in [0.3, 0.4) is 0 Å². The van der Waals surface area contributed by atoms with Crippen molar-refractivity contribution >= 4 is 29.2 Å². The van der Waals surface area contributed by atoms with Gasteiger partial charge >= 0.3 is 5.97 Å². The van der Waals surface area contributed by atoms with Gasteiger partial charge in [0, 0.05) is 58.5 Å². The molecule has 0 aromatic carbocycles. The van der Waals surface area contributed by atoms with Crippen LogP contribution in [0.25, 0.3) is 0 Å². The summed E-state index contributed by atoms with van der Waals surface area (Å²) < 4.78 is 29.4. The molecule has 14 nitrogen and oxygen atoms in total. The van der Waals surface area contributed by atoms with Gasteiger partial charge < -0.3 is 43.9 Å². The van der Waals surface area contributed by atoms with Gasteiger partial charge in [0.25, 0.3) is 11.7 Å². The minimum atomic E-state index is -2.43. The number of rotatable bonds is 6. The van der Waals surface area contributed by atoms with Crippen molar-refractivity contribution in [2.24, 2.45) is 35.5 Å². The quantitative estimate of drug-likeness (QED) is 0.202. The Morgan fingerprint density at radius 3 is 2.26 bits per heavy atom. The molecule has 0 aromatic heterocycles. The van der Waals surface area contributed by atoms with Crippen LogP contribution in [0.5, 0.6) is 0 Å². The highest BCUT2D eigenvalue weighted by molar-refractivity contribution is 6.39. The average molecular weight is 914 g/mol. The summed E-state index contributed by atoms with van der Waals surface area (Å²) >= 11 is 0. The first-order chi connectivity index (χ1) is 30.7. The number of Topliss-reactive ketones (excluding diaryl/α,β-unsaturated/α-hetero) is 3. The van der Waals surface area contributed by atoms with Gasteiger partial charge in [-0.1, -0.05) is 71.1 Å². The molecule has 2 bridgehead atoms. The number of hydrogen-bond donors (Lipinski definition) is 3. The average Bonchev–Trinajstić information content (AvgIpc) is 3.28.